The monoisotopic (exact) mass is 273 g/mol. The van der Waals surface area contributed by atoms with Crippen LogP contribution in [0.25, 0.3) is 0 Å². The second kappa shape index (κ2) is 6.17. The van der Waals surface area contributed by atoms with Gasteiger partial charge in [0.25, 0.3) is 0 Å². The lowest BCUT2D eigenvalue weighted by molar-refractivity contribution is 0.875. The average Bonchev–Trinajstić information content (AvgIpc) is 2.36. The van der Waals surface area contributed by atoms with Gasteiger partial charge in [-0.2, -0.15) is 0 Å². The van der Waals surface area contributed by atoms with Crippen molar-refractivity contribution in [2.75, 3.05) is 6.54 Å². The van der Waals surface area contributed by atoms with Crippen LogP contribution in [-0.4, -0.2) is 16.5 Å². The van der Waals surface area contributed by atoms with Crippen molar-refractivity contribution in [2.24, 2.45) is 5.73 Å². The molecule has 1 atom stereocenters. The molecule has 0 bridgehead atoms. The van der Waals surface area contributed by atoms with Crippen LogP contribution in [0.3, 0.4) is 0 Å². The highest BCUT2D eigenvalue weighted by Crippen LogP contribution is 2.34. The highest BCUT2D eigenvalue weighted by molar-refractivity contribution is 7.99. The summed E-state index contributed by atoms with van der Waals surface area (Å²) < 4.78 is 0. The smallest absolute Gasteiger partial charge is 0.188 e. The van der Waals surface area contributed by atoms with Crippen molar-refractivity contribution in [3.05, 3.63) is 52.8 Å². The summed E-state index contributed by atoms with van der Waals surface area (Å²) in [5, 5.41) is 0.999. The molecule has 0 saturated heterocycles. The molecule has 2 rings (SSSR count). The van der Waals surface area contributed by atoms with E-state index in [1.807, 2.05) is 32.0 Å². The Kier molecular flexibility index (Phi) is 4.56. The van der Waals surface area contributed by atoms with E-state index in [0.717, 1.165) is 16.5 Å². The third kappa shape index (κ3) is 3.55. The second-order valence-electron chi connectivity index (χ2n) is 4.63. The Hall–Kier alpha value is -1.39. The maximum Gasteiger partial charge on any atom is 0.188 e. The van der Waals surface area contributed by atoms with Gasteiger partial charge in [0, 0.05) is 23.2 Å². The van der Waals surface area contributed by atoms with Crippen LogP contribution in [0, 0.1) is 20.8 Å². The van der Waals surface area contributed by atoms with Gasteiger partial charge in [0.15, 0.2) is 5.16 Å². The lowest BCUT2D eigenvalue weighted by atomic mass is 10.1. The summed E-state index contributed by atoms with van der Waals surface area (Å²) in [5.74, 6) is 0. The Morgan fingerprint density at radius 3 is 2.32 bits per heavy atom. The highest BCUT2D eigenvalue weighted by Gasteiger charge is 2.15. The predicted molar refractivity (Wildman–Crippen MR) is 80.3 cm³/mol. The number of rotatable bonds is 4. The zero-order valence-electron chi connectivity index (χ0n) is 11.6. The van der Waals surface area contributed by atoms with E-state index in [4.69, 9.17) is 5.73 Å². The molecule has 0 spiro atoms. The lowest BCUT2D eigenvalue weighted by Crippen LogP contribution is -2.11. The first kappa shape index (κ1) is 14.0. The van der Waals surface area contributed by atoms with Gasteiger partial charge < -0.3 is 5.73 Å². The Bertz CT molecular complexity index is 549. The fourth-order valence-electron chi connectivity index (χ4n) is 2.06. The van der Waals surface area contributed by atoms with E-state index < -0.39 is 0 Å². The molecule has 1 aromatic carbocycles. The highest BCUT2D eigenvalue weighted by atomic mass is 32.2. The van der Waals surface area contributed by atoms with E-state index >= 15 is 0 Å². The third-order valence-corrected chi connectivity index (χ3v) is 4.08. The minimum Gasteiger partial charge on any atom is -0.329 e. The van der Waals surface area contributed by atoms with E-state index in [0.29, 0.717) is 6.54 Å². The molecule has 2 N–H and O–H groups in total. The number of hydrogen-bond donors (Lipinski definition) is 1. The summed E-state index contributed by atoms with van der Waals surface area (Å²) in [5.41, 5.74) is 10.4. The molecular weight excluding hydrogens is 254 g/mol. The van der Waals surface area contributed by atoms with Gasteiger partial charge in [-0.25, -0.2) is 9.97 Å². The number of aromatic nitrogens is 2. The molecule has 3 nitrogen and oxygen atoms in total. The summed E-state index contributed by atoms with van der Waals surface area (Å²) in [7, 11) is 0. The Morgan fingerprint density at radius 1 is 1.11 bits per heavy atom. The average molecular weight is 273 g/mol. The summed E-state index contributed by atoms with van der Waals surface area (Å²) >= 11 is 1.64. The van der Waals surface area contributed by atoms with Gasteiger partial charge in [-0.15, -0.1) is 0 Å². The van der Waals surface area contributed by atoms with Crippen molar-refractivity contribution < 1.29 is 0 Å². The zero-order valence-corrected chi connectivity index (χ0v) is 12.4. The van der Waals surface area contributed by atoms with Crippen molar-refractivity contribution in [1.29, 1.82) is 0 Å². The molecule has 0 radical (unpaired) electrons. The van der Waals surface area contributed by atoms with Gasteiger partial charge in [-0.1, -0.05) is 36.0 Å². The molecule has 1 aromatic heterocycles. The molecule has 100 valence electrons. The third-order valence-electron chi connectivity index (χ3n) is 2.96. The number of aryl methyl sites for hydroxylation is 3. The molecular formula is C15H19N3S. The van der Waals surface area contributed by atoms with Gasteiger partial charge in [0.05, 0.1) is 0 Å². The zero-order chi connectivity index (χ0) is 13.8. The van der Waals surface area contributed by atoms with Crippen LogP contribution in [0.2, 0.25) is 0 Å². The van der Waals surface area contributed by atoms with Crippen LogP contribution in [-0.2, 0) is 0 Å². The first-order valence-corrected chi connectivity index (χ1v) is 7.22. The van der Waals surface area contributed by atoms with E-state index in [1.54, 1.807) is 11.8 Å². The topological polar surface area (TPSA) is 51.8 Å². The van der Waals surface area contributed by atoms with Crippen LogP contribution in [0.4, 0.5) is 0 Å². The van der Waals surface area contributed by atoms with Crippen LogP contribution < -0.4 is 5.73 Å². The molecule has 0 fully saturated rings. The van der Waals surface area contributed by atoms with E-state index in [-0.39, 0.29) is 5.25 Å². The molecule has 0 aliphatic rings. The molecule has 4 heteroatoms. The summed E-state index contributed by atoms with van der Waals surface area (Å²) in [6.07, 6.45) is 0. The van der Waals surface area contributed by atoms with Gasteiger partial charge in [0.2, 0.25) is 0 Å². The first-order chi connectivity index (χ1) is 9.10. The lowest BCUT2D eigenvalue weighted by Gasteiger charge is -2.16. The molecule has 1 heterocycles. The standard InChI is InChI=1S/C15H19N3S/c1-10-6-4-5-7-13(10)14(9-16)19-15-17-11(2)8-12(3)18-15/h4-8,14H,9,16H2,1-3H3. The molecule has 0 aliphatic carbocycles. The van der Waals surface area contributed by atoms with E-state index in [9.17, 15) is 0 Å². The minimum atomic E-state index is 0.197. The molecule has 0 aliphatic heterocycles. The molecule has 2 aromatic rings. The van der Waals surface area contributed by atoms with Crippen LogP contribution >= 0.6 is 11.8 Å². The van der Waals surface area contributed by atoms with Crippen molar-refractivity contribution in [1.82, 2.24) is 9.97 Å². The number of thioether (sulfide) groups is 1. The van der Waals surface area contributed by atoms with Crippen molar-refractivity contribution >= 4 is 11.8 Å². The molecule has 1 unspecified atom stereocenters. The Balaban J connectivity index is 2.26. The summed E-state index contributed by atoms with van der Waals surface area (Å²) in [6, 6.07) is 10.3. The van der Waals surface area contributed by atoms with Crippen LogP contribution in [0.15, 0.2) is 35.5 Å². The molecule has 0 amide bonds. The Morgan fingerprint density at radius 2 is 1.74 bits per heavy atom. The van der Waals surface area contributed by atoms with E-state index in [1.165, 1.54) is 11.1 Å². The normalized spacial score (nSPS) is 12.4. The van der Waals surface area contributed by atoms with Crippen molar-refractivity contribution in [3.63, 3.8) is 0 Å². The number of benzene rings is 1. The van der Waals surface area contributed by atoms with Crippen LogP contribution in [0.5, 0.6) is 0 Å². The van der Waals surface area contributed by atoms with Crippen LogP contribution in [0.1, 0.15) is 27.8 Å². The van der Waals surface area contributed by atoms with Gasteiger partial charge in [-0.05, 0) is 38.0 Å². The number of nitrogens with zero attached hydrogens (tertiary/aromatic N) is 2. The summed E-state index contributed by atoms with van der Waals surface area (Å²) in [4.78, 5) is 8.95. The molecule has 0 saturated carbocycles. The Labute approximate surface area is 118 Å². The fourth-order valence-corrected chi connectivity index (χ4v) is 3.20. The number of nitrogens with two attached hydrogens (primary N) is 1. The number of hydrogen-bond acceptors (Lipinski definition) is 4. The fraction of sp³-hybridized carbons (Fsp3) is 0.333. The largest absolute Gasteiger partial charge is 0.329 e. The van der Waals surface area contributed by atoms with Crippen molar-refractivity contribution in [3.8, 4) is 0 Å². The minimum absolute atomic E-state index is 0.197. The maximum absolute atomic E-state index is 5.92. The van der Waals surface area contributed by atoms with Gasteiger partial charge in [0.1, 0.15) is 0 Å². The summed E-state index contributed by atoms with van der Waals surface area (Å²) in [6.45, 7) is 6.67. The first-order valence-electron chi connectivity index (χ1n) is 6.34. The van der Waals surface area contributed by atoms with Gasteiger partial charge >= 0.3 is 0 Å². The van der Waals surface area contributed by atoms with Gasteiger partial charge in [-0.3, -0.25) is 0 Å². The van der Waals surface area contributed by atoms with E-state index in [2.05, 4.69) is 29.0 Å². The van der Waals surface area contributed by atoms with Crippen molar-refractivity contribution in [2.45, 2.75) is 31.2 Å². The predicted octanol–water partition coefficient (Wildman–Crippen LogP) is 3.19. The maximum atomic E-state index is 5.92. The SMILES string of the molecule is Cc1cc(C)nc(SC(CN)c2ccccc2C)n1. The molecule has 19 heavy (non-hydrogen) atoms. The quantitative estimate of drug-likeness (QED) is 0.686. The second-order valence-corrected chi connectivity index (χ2v) is 5.80.